The van der Waals surface area contributed by atoms with Crippen LogP contribution in [0.2, 0.25) is 0 Å². The third-order valence-electron chi connectivity index (χ3n) is 5.45. The Hall–Kier alpha value is -0.360. The van der Waals surface area contributed by atoms with Crippen LogP contribution < -0.4 is 0 Å². The summed E-state index contributed by atoms with van der Waals surface area (Å²) in [6.07, 6.45) is 10.1. The van der Waals surface area contributed by atoms with E-state index in [0.29, 0.717) is 10.8 Å². The molecule has 1 saturated carbocycles. The van der Waals surface area contributed by atoms with Gasteiger partial charge >= 0.3 is 0 Å². The molecule has 0 spiro atoms. The minimum absolute atomic E-state index is 0. The van der Waals surface area contributed by atoms with Crippen molar-refractivity contribution in [2.75, 3.05) is 0 Å². The average molecular weight is 516 g/mol. The normalized spacial score (nSPS) is 28.5. The summed E-state index contributed by atoms with van der Waals surface area (Å²) in [5, 5.41) is 0. The third-order valence-corrected chi connectivity index (χ3v) is 5.45. The number of halogens is 2. The maximum Gasteiger partial charge on any atom is 0.0133 e. The molecule has 0 aromatic heterocycles. The first-order valence-electron chi connectivity index (χ1n) is 7.65. The van der Waals surface area contributed by atoms with Crippen molar-refractivity contribution in [2.45, 2.75) is 36.5 Å². The summed E-state index contributed by atoms with van der Waals surface area (Å²) in [7, 11) is 0. The molecule has 3 aliphatic carbocycles. The van der Waals surface area contributed by atoms with Gasteiger partial charge in [-0.05, 0) is 36.8 Å². The minimum Gasteiger partial charge on any atom is -0.107 e. The van der Waals surface area contributed by atoms with Crippen molar-refractivity contribution >= 4 is 48.0 Å². The number of benzene rings is 2. The van der Waals surface area contributed by atoms with Gasteiger partial charge in [0.1, 0.15) is 0 Å². The van der Waals surface area contributed by atoms with Gasteiger partial charge < -0.3 is 0 Å². The smallest absolute Gasteiger partial charge is 0.0133 e. The number of rotatable bonds is 2. The first-order chi connectivity index (χ1) is 9.83. The van der Waals surface area contributed by atoms with Gasteiger partial charge in [-0.3, -0.25) is 0 Å². The molecule has 2 aromatic rings. The lowest BCUT2D eigenvalue weighted by molar-refractivity contribution is 0.244. The molecule has 1 fully saturated rings. The molecule has 0 amide bonds. The van der Waals surface area contributed by atoms with Gasteiger partial charge in [0, 0.05) is 10.8 Å². The van der Waals surface area contributed by atoms with Crippen molar-refractivity contribution in [3.8, 4) is 0 Å². The monoisotopic (exact) mass is 516 g/mol. The van der Waals surface area contributed by atoms with Gasteiger partial charge in [-0.1, -0.05) is 72.8 Å². The lowest BCUT2D eigenvalue weighted by Gasteiger charge is -2.49. The van der Waals surface area contributed by atoms with Crippen molar-refractivity contribution in [1.29, 1.82) is 0 Å². The Morgan fingerprint density at radius 1 is 0.500 bits per heavy atom. The average Bonchev–Trinajstić information content (AvgIpc) is 2.58. The summed E-state index contributed by atoms with van der Waals surface area (Å²) in [5.41, 5.74) is 3.60. The number of fused-ring (bicyclic) bond motifs is 2. The van der Waals surface area contributed by atoms with Crippen molar-refractivity contribution in [1.82, 2.24) is 0 Å². The molecular weight excluding hydrogens is 494 g/mol. The summed E-state index contributed by atoms with van der Waals surface area (Å²) < 4.78 is 0. The van der Waals surface area contributed by atoms with Crippen LogP contribution in [0.4, 0.5) is 0 Å². The molecule has 2 aromatic carbocycles. The Morgan fingerprint density at radius 3 is 1.09 bits per heavy atom. The number of hydrogen-bond acceptors (Lipinski definition) is 0. The van der Waals surface area contributed by atoms with Crippen LogP contribution in [0.5, 0.6) is 0 Å². The molecule has 22 heavy (non-hydrogen) atoms. The number of allylic oxidation sites excluding steroid dienone is 2. The van der Waals surface area contributed by atoms with E-state index in [-0.39, 0.29) is 48.0 Å². The van der Waals surface area contributed by atoms with Crippen LogP contribution in [0, 0.1) is 0 Å². The zero-order valence-corrected chi connectivity index (χ0v) is 17.2. The largest absolute Gasteiger partial charge is 0.107 e. The highest BCUT2D eigenvalue weighted by atomic mass is 127. The Balaban J connectivity index is 0.000000882. The molecule has 0 nitrogen and oxygen atoms in total. The van der Waals surface area contributed by atoms with Gasteiger partial charge in [0.2, 0.25) is 0 Å². The van der Waals surface area contributed by atoms with Gasteiger partial charge in [0.25, 0.3) is 0 Å². The fourth-order valence-electron chi connectivity index (χ4n) is 4.10. The predicted molar refractivity (Wildman–Crippen MR) is 115 cm³/mol. The number of hydrogen-bond donors (Lipinski definition) is 0. The summed E-state index contributed by atoms with van der Waals surface area (Å²) in [4.78, 5) is 0. The van der Waals surface area contributed by atoms with Crippen LogP contribution >= 0.6 is 48.0 Å². The Labute approximate surface area is 167 Å². The van der Waals surface area contributed by atoms with E-state index in [9.17, 15) is 0 Å². The lowest BCUT2D eigenvalue weighted by Crippen LogP contribution is -2.42. The second-order valence-corrected chi connectivity index (χ2v) is 6.38. The van der Waals surface area contributed by atoms with Crippen LogP contribution in [-0.4, -0.2) is 0 Å². The molecule has 2 heteroatoms. The van der Waals surface area contributed by atoms with E-state index in [4.69, 9.17) is 0 Å². The van der Waals surface area contributed by atoms with Crippen LogP contribution in [0.25, 0.3) is 0 Å². The Morgan fingerprint density at radius 2 is 0.818 bits per heavy atom. The highest BCUT2D eigenvalue weighted by Gasteiger charge is 2.46. The van der Waals surface area contributed by atoms with Gasteiger partial charge in [-0.2, -0.15) is 0 Å². The maximum absolute atomic E-state index is 2.50. The van der Waals surface area contributed by atoms with E-state index in [1.165, 1.54) is 36.8 Å². The second-order valence-electron chi connectivity index (χ2n) is 6.38. The molecule has 5 rings (SSSR count). The second kappa shape index (κ2) is 7.04. The maximum atomic E-state index is 2.50. The third kappa shape index (κ3) is 2.88. The van der Waals surface area contributed by atoms with Gasteiger partial charge in [0.05, 0.1) is 0 Å². The van der Waals surface area contributed by atoms with E-state index in [1.807, 2.05) is 0 Å². The van der Waals surface area contributed by atoms with Crippen molar-refractivity contribution < 1.29 is 0 Å². The van der Waals surface area contributed by atoms with Crippen LogP contribution in [0.3, 0.4) is 0 Å². The van der Waals surface area contributed by atoms with E-state index in [2.05, 4.69) is 72.8 Å². The van der Waals surface area contributed by atoms with Crippen LogP contribution in [0.1, 0.15) is 36.8 Å². The van der Waals surface area contributed by atoms with Crippen molar-refractivity contribution in [2.24, 2.45) is 0 Å². The first-order valence-corrected chi connectivity index (χ1v) is 7.65. The Bertz CT molecular complexity index is 566. The summed E-state index contributed by atoms with van der Waals surface area (Å²) in [6, 6.07) is 22.1. The summed E-state index contributed by atoms with van der Waals surface area (Å²) in [6.45, 7) is 0. The van der Waals surface area contributed by atoms with E-state index >= 15 is 0 Å². The van der Waals surface area contributed by atoms with Gasteiger partial charge in [0.15, 0.2) is 0 Å². The molecule has 0 heterocycles. The molecule has 0 N–H and O–H groups in total. The molecular formula is C20H22I2. The molecule has 3 aliphatic rings. The highest BCUT2D eigenvalue weighted by molar-refractivity contribution is 14.0. The minimum atomic E-state index is 0. The molecule has 0 aliphatic heterocycles. The molecule has 0 unspecified atom stereocenters. The summed E-state index contributed by atoms with van der Waals surface area (Å²) >= 11 is 0. The summed E-state index contributed by atoms with van der Waals surface area (Å²) in [5.74, 6) is 0. The molecule has 116 valence electrons. The van der Waals surface area contributed by atoms with Crippen molar-refractivity contribution in [3.05, 3.63) is 83.9 Å². The topological polar surface area (TPSA) is 0 Å². The molecule has 0 saturated heterocycles. The molecule has 2 bridgehead atoms. The van der Waals surface area contributed by atoms with E-state index in [1.54, 1.807) is 0 Å². The standard InChI is InChI=1S/C20H20.2HI/c1-3-7-17(8-4-1)19-11-14-20(15-12-19,16-13-19)18-9-5-2-6-10-18;;/h1-11,14H,12-13,15-16H2;2*1H. The highest BCUT2D eigenvalue weighted by Crippen LogP contribution is 2.54. The molecule has 0 radical (unpaired) electrons. The lowest BCUT2D eigenvalue weighted by atomic mass is 9.54. The molecule has 0 atom stereocenters. The fourth-order valence-corrected chi connectivity index (χ4v) is 4.10. The predicted octanol–water partition coefficient (Wildman–Crippen LogP) is 6.24. The first kappa shape index (κ1) is 18.0. The van der Waals surface area contributed by atoms with E-state index < -0.39 is 0 Å². The SMILES string of the molecule is C1=CC2(c3ccccc3)CCC1(c1ccccc1)CC2.I.I. The Kier molecular flexibility index (Phi) is 5.75. The zero-order chi connectivity index (χ0) is 13.5. The van der Waals surface area contributed by atoms with Crippen LogP contribution in [-0.2, 0) is 10.8 Å². The van der Waals surface area contributed by atoms with Crippen LogP contribution in [0.15, 0.2) is 72.8 Å². The zero-order valence-electron chi connectivity index (χ0n) is 12.6. The van der Waals surface area contributed by atoms with Gasteiger partial charge in [-0.15, -0.1) is 48.0 Å². The fraction of sp³-hybridized carbons (Fsp3) is 0.300. The quantitative estimate of drug-likeness (QED) is 0.328. The van der Waals surface area contributed by atoms with Crippen molar-refractivity contribution in [3.63, 3.8) is 0 Å². The van der Waals surface area contributed by atoms with Gasteiger partial charge in [-0.25, -0.2) is 0 Å². The van der Waals surface area contributed by atoms with E-state index in [0.717, 1.165) is 0 Å².